The Hall–Kier alpha value is -0.570. The molecular formula is C11H24N2O. The van der Waals surface area contributed by atoms with Crippen LogP contribution in [-0.2, 0) is 4.79 Å². The number of carbonyl (C=O) groups excluding carboxylic acids is 1. The largest absolute Gasteiger partial charge is 0.349 e. The Morgan fingerprint density at radius 3 is 2.07 bits per heavy atom. The van der Waals surface area contributed by atoms with E-state index in [1.54, 1.807) is 19.0 Å². The number of amides is 1. The second kappa shape index (κ2) is 4.78. The minimum atomic E-state index is -0.129. The summed E-state index contributed by atoms with van der Waals surface area (Å²) in [6.45, 7) is 8.29. The summed E-state index contributed by atoms with van der Waals surface area (Å²) in [5.41, 5.74) is 5.94. The van der Waals surface area contributed by atoms with E-state index in [0.717, 1.165) is 0 Å². The van der Waals surface area contributed by atoms with E-state index in [2.05, 4.69) is 27.7 Å². The number of hydrogen-bond acceptors (Lipinski definition) is 2. The van der Waals surface area contributed by atoms with Crippen molar-refractivity contribution in [2.75, 3.05) is 14.1 Å². The van der Waals surface area contributed by atoms with Gasteiger partial charge in [0.15, 0.2) is 0 Å². The van der Waals surface area contributed by atoms with Crippen molar-refractivity contribution in [3.63, 3.8) is 0 Å². The molecule has 3 nitrogen and oxygen atoms in total. The van der Waals surface area contributed by atoms with Gasteiger partial charge >= 0.3 is 0 Å². The van der Waals surface area contributed by atoms with Gasteiger partial charge in [-0.2, -0.15) is 0 Å². The molecule has 0 fully saturated rings. The second-order valence-corrected chi connectivity index (χ2v) is 5.22. The quantitative estimate of drug-likeness (QED) is 0.747. The molecule has 0 saturated heterocycles. The third kappa shape index (κ3) is 3.66. The molecule has 1 unspecified atom stereocenters. The fourth-order valence-corrected chi connectivity index (χ4v) is 1.57. The van der Waals surface area contributed by atoms with E-state index in [1.807, 2.05) is 0 Å². The molecule has 1 amide bonds. The summed E-state index contributed by atoms with van der Waals surface area (Å²) in [6.07, 6.45) is 0.513. The lowest BCUT2D eigenvalue weighted by atomic mass is 9.76. The van der Waals surface area contributed by atoms with E-state index in [1.165, 1.54) is 0 Å². The first-order valence-corrected chi connectivity index (χ1v) is 5.14. The van der Waals surface area contributed by atoms with E-state index in [9.17, 15) is 4.79 Å². The van der Waals surface area contributed by atoms with Crippen molar-refractivity contribution in [1.82, 2.24) is 4.90 Å². The van der Waals surface area contributed by atoms with Crippen LogP contribution in [0.2, 0.25) is 0 Å². The maximum atomic E-state index is 11.6. The minimum absolute atomic E-state index is 0.0615. The lowest BCUT2D eigenvalue weighted by molar-refractivity contribution is -0.131. The molecule has 2 N–H and O–H groups in total. The first kappa shape index (κ1) is 13.4. The molecule has 0 saturated carbocycles. The van der Waals surface area contributed by atoms with E-state index in [0.29, 0.717) is 12.3 Å². The molecule has 0 spiro atoms. The van der Waals surface area contributed by atoms with Crippen LogP contribution >= 0.6 is 0 Å². The van der Waals surface area contributed by atoms with Gasteiger partial charge in [0.1, 0.15) is 0 Å². The summed E-state index contributed by atoms with van der Waals surface area (Å²) in [6, 6.07) is 0.0615. The highest BCUT2D eigenvalue weighted by molar-refractivity contribution is 5.76. The predicted octanol–water partition coefficient (Wildman–Crippen LogP) is 1.47. The molecule has 0 aliphatic carbocycles. The maximum absolute atomic E-state index is 11.6. The molecular weight excluding hydrogens is 176 g/mol. The van der Waals surface area contributed by atoms with Crippen LogP contribution in [-0.4, -0.2) is 30.9 Å². The van der Waals surface area contributed by atoms with E-state index >= 15 is 0 Å². The topological polar surface area (TPSA) is 46.3 Å². The van der Waals surface area contributed by atoms with Crippen molar-refractivity contribution in [2.24, 2.45) is 17.1 Å². The highest BCUT2D eigenvalue weighted by Crippen LogP contribution is 2.28. The molecule has 14 heavy (non-hydrogen) atoms. The molecule has 1 atom stereocenters. The van der Waals surface area contributed by atoms with Crippen LogP contribution in [0.25, 0.3) is 0 Å². The lowest BCUT2D eigenvalue weighted by Gasteiger charge is -2.34. The molecule has 0 aliphatic heterocycles. The number of rotatable bonds is 4. The van der Waals surface area contributed by atoms with Crippen LogP contribution in [0.3, 0.4) is 0 Å². The van der Waals surface area contributed by atoms with Gasteiger partial charge in [-0.05, 0) is 11.3 Å². The van der Waals surface area contributed by atoms with E-state index < -0.39 is 0 Å². The van der Waals surface area contributed by atoms with Crippen LogP contribution in [0, 0.1) is 11.3 Å². The van der Waals surface area contributed by atoms with Crippen molar-refractivity contribution < 1.29 is 4.79 Å². The lowest BCUT2D eigenvalue weighted by Crippen LogP contribution is -2.44. The van der Waals surface area contributed by atoms with Gasteiger partial charge in [-0.15, -0.1) is 0 Å². The van der Waals surface area contributed by atoms with Gasteiger partial charge in [-0.1, -0.05) is 27.7 Å². The Morgan fingerprint density at radius 2 is 1.79 bits per heavy atom. The molecule has 0 aromatic carbocycles. The molecule has 3 heteroatoms. The number of hydrogen-bond donors (Lipinski definition) is 1. The highest BCUT2D eigenvalue weighted by Gasteiger charge is 2.31. The van der Waals surface area contributed by atoms with Crippen LogP contribution < -0.4 is 5.73 Å². The first-order chi connectivity index (χ1) is 6.18. The molecule has 0 aliphatic rings. The summed E-state index contributed by atoms with van der Waals surface area (Å²) in [7, 11) is 3.55. The monoisotopic (exact) mass is 200 g/mol. The first-order valence-electron chi connectivity index (χ1n) is 5.14. The van der Waals surface area contributed by atoms with Gasteiger partial charge in [0, 0.05) is 26.6 Å². The van der Waals surface area contributed by atoms with Crippen molar-refractivity contribution >= 4 is 5.91 Å². The van der Waals surface area contributed by atoms with E-state index in [-0.39, 0.29) is 17.4 Å². The third-order valence-corrected chi connectivity index (χ3v) is 2.73. The maximum Gasteiger partial charge on any atom is 0.222 e. The van der Waals surface area contributed by atoms with Crippen molar-refractivity contribution in [1.29, 1.82) is 0 Å². The minimum Gasteiger partial charge on any atom is -0.349 e. The summed E-state index contributed by atoms with van der Waals surface area (Å²) >= 11 is 0. The predicted molar refractivity (Wildman–Crippen MR) is 59.9 cm³/mol. The fourth-order valence-electron chi connectivity index (χ4n) is 1.57. The highest BCUT2D eigenvalue weighted by atomic mass is 16.2. The van der Waals surface area contributed by atoms with Crippen LogP contribution in [0.4, 0.5) is 0 Å². The van der Waals surface area contributed by atoms with Crippen molar-refractivity contribution in [2.45, 2.75) is 40.2 Å². The molecule has 0 radical (unpaired) electrons. The van der Waals surface area contributed by atoms with Gasteiger partial charge in [-0.25, -0.2) is 0 Å². The molecule has 0 heterocycles. The van der Waals surface area contributed by atoms with Gasteiger partial charge in [0.2, 0.25) is 5.91 Å². The van der Waals surface area contributed by atoms with Gasteiger partial charge in [-0.3, -0.25) is 4.79 Å². The summed E-state index contributed by atoms with van der Waals surface area (Å²) in [5, 5.41) is 0. The standard InChI is InChI=1S/C11H24N2O/c1-8(2)10(12)11(3,4)7-9(14)13(5)6/h8,10H,7,12H2,1-6H3. The SMILES string of the molecule is CC(C)C(N)C(C)(C)CC(=O)N(C)C. The van der Waals surface area contributed by atoms with Crippen LogP contribution in [0.15, 0.2) is 0 Å². The Morgan fingerprint density at radius 1 is 1.36 bits per heavy atom. The Kier molecular flexibility index (Phi) is 4.59. The fraction of sp³-hybridized carbons (Fsp3) is 0.909. The van der Waals surface area contributed by atoms with Gasteiger partial charge in [0.25, 0.3) is 0 Å². The molecule has 0 aromatic rings. The molecule has 0 bridgehead atoms. The van der Waals surface area contributed by atoms with Crippen molar-refractivity contribution in [3.05, 3.63) is 0 Å². The van der Waals surface area contributed by atoms with Gasteiger partial charge in [0.05, 0.1) is 0 Å². The number of carbonyl (C=O) groups is 1. The van der Waals surface area contributed by atoms with Crippen LogP contribution in [0.5, 0.6) is 0 Å². The van der Waals surface area contributed by atoms with Gasteiger partial charge < -0.3 is 10.6 Å². The number of nitrogens with two attached hydrogens (primary N) is 1. The van der Waals surface area contributed by atoms with E-state index in [4.69, 9.17) is 5.73 Å². The Labute approximate surface area is 87.6 Å². The van der Waals surface area contributed by atoms with Crippen molar-refractivity contribution in [3.8, 4) is 0 Å². The summed E-state index contributed by atoms with van der Waals surface area (Å²) in [5.74, 6) is 0.547. The summed E-state index contributed by atoms with van der Waals surface area (Å²) < 4.78 is 0. The Bertz CT molecular complexity index is 197. The average Bonchev–Trinajstić information content (AvgIpc) is 2.01. The normalized spacial score (nSPS) is 14.3. The second-order valence-electron chi connectivity index (χ2n) is 5.22. The molecule has 0 rings (SSSR count). The summed E-state index contributed by atoms with van der Waals surface area (Å²) in [4.78, 5) is 13.2. The van der Waals surface area contributed by atoms with Crippen LogP contribution in [0.1, 0.15) is 34.1 Å². The smallest absolute Gasteiger partial charge is 0.222 e. The zero-order valence-corrected chi connectivity index (χ0v) is 10.3. The molecule has 84 valence electrons. The zero-order valence-electron chi connectivity index (χ0n) is 10.3. The molecule has 0 aromatic heterocycles. The third-order valence-electron chi connectivity index (χ3n) is 2.73. The average molecular weight is 200 g/mol. The zero-order chi connectivity index (χ0) is 11.5. The Balaban J connectivity index is 4.40. The number of nitrogens with zero attached hydrogens (tertiary/aromatic N) is 1.